The summed E-state index contributed by atoms with van der Waals surface area (Å²) < 4.78 is 1.52. The molecule has 0 aliphatic rings. The summed E-state index contributed by atoms with van der Waals surface area (Å²) in [7, 11) is 0. The van der Waals surface area contributed by atoms with Gasteiger partial charge in [-0.3, -0.25) is 0 Å². The first-order valence-electron chi connectivity index (χ1n) is 4.04. The molecule has 0 fully saturated rings. The van der Waals surface area contributed by atoms with Crippen molar-refractivity contribution in [3.05, 3.63) is 12.5 Å². The Morgan fingerprint density at radius 2 is 2.31 bits per heavy atom. The Hall–Kier alpha value is -1.52. The normalized spacial score (nSPS) is 13.2. The molecule has 1 atom stereocenters. The molecular weight excluding hydrogens is 170 g/mol. The van der Waals surface area contributed by atoms with Gasteiger partial charge in [-0.1, -0.05) is 13.8 Å². The Morgan fingerprint density at radius 1 is 1.69 bits per heavy atom. The number of imidazole rings is 1. The highest BCUT2D eigenvalue weighted by atomic mass is 16.4. The molecule has 5 heteroatoms. The van der Waals surface area contributed by atoms with Crippen LogP contribution >= 0.6 is 0 Å². The molecular formula is C8H13N3O2. The first-order chi connectivity index (χ1) is 6.02. The summed E-state index contributed by atoms with van der Waals surface area (Å²) in [5, 5.41) is 8.92. The first kappa shape index (κ1) is 9.57. The maximum absolute atomic E-state index is 10.9. The van der Waals surface area contributed by atoms with E-state index in [9.17, 15) is 4.79 Å². The molecule has 5 nitrogen and oxygen atoms in total. The summed E-state index contributed by atoms with van der Waals surface area (Å²) in [6.45, 7) is 3.68. The second-order valence-electron chi connectivity index (χ2n) is 3.27. The van der Waals surface area contributed by atoms with Crippen LogP contribution in [0.25, 0.3) is 0 Å². The molecule has 0 radical (unpaired) electrons. The van der Waals surface area contributed by atoms with Crippen LogP contribution in [0.2, 0.25) is 0 Å². The standard InChI is InChI=1S/C8H13N3O2/c1-5(2)7(8(12)13)11-3-6(9)10-4-11/h3-5,7H,9H2,1-2H3,(H,12,13)/t7-/m0/s1. The number of nitrogen functional groups attached to an aromatic ring is 1. The predicted molar refractivity (Wildman–Crippen MR) is 48.2 cm³/mol. The molecule has 0 spiro atoms. The van der Waals surface area contributed by atoms with Crippen molar-refractivity contribution in [2.45, 2.75) is 19.9 Å². The molecule has 0 aliphatic carbocycles. The van der Waals surface area contributed by atoms with Crippen LogP contribution in [-0.2, 0) is 4.79 Å². The lowest BCUT2D eigenvalue weighted by Crippen LogP contribution is -2.22. The summed E-state index contributed by atoms with van der Waals surface area (Å²) in [5.74, 6) is -0.523. The zero-order chi connectivity index (χ0) is 10.0. The van der Waals surface area contributed by atoms with E-state index in [1.54, 1.807) is 0 Å². The smallest absolute Gasteiger partial charge is 0.326 e. The van der Waals surface area contributed by atoms with E-state index < -0.39 is 12.0 Å². The quantitative estimate of drug-likeness (QED) is 0.724. The lowest BCUT2D eigenvalue weighted by atomic mass is 10.1. The van der Waals surface area contributed by atoms with Crippen molar-refractivity contribution < 1.29 is 9.90 Å². The van der Waals surface area contributed by atoms with Crippen LogP contribution in [0.1, 0.15) is 19.9 Å². The number of rotatable bonds is 3. The number of hydrogen-bond acceptors (Lipinski definition) is 3. The van der Waals surface area contributed by atoms with Crippen molar-refractivity contribution in [3.8, 4) is 0 Å². The third kappa shape index (κ3) is 1.99. The van der Waals surface area contributed by atoms with E-state index in [-0.39, 0.29) is 5.92 Å². The van der Waals surface area contributed by atoms with Crippen LogP contribution in [0.5, 0.6) is 0 Å². The van der Waals surface area contributed by atoms with Crippen LogP contribution in [0.4, 0.5) is 5.82 Å². The molecule has 0 aromatic carbocycles. The Balaban J connectivity index is 2.95. The molecule has 0 amide bonds. The molecule has 0 bridgehead atoms. The topological polar surface area (TPSA) is 81.1 Å². The number of nitrogens with zero attached hydrogens (tertiary/aromatic N) is 2. The molecule has 3 N–H and O–H groups in total. The largest absolute Gasteiger partial charge is 0.480 e. The molecule has 13 heavy (non-hydrogen) atoms. The van der Waals surface area contributed by atoms with Gasteiger partial charge in [0.15, 0.2) is 0 Å². The van der Waals surface area contributed by atoms with Gasteiger partial charge in [0.05, 0.1) is 6.33 Å². The average Bonchev–Trinajstić information content (AvgIpc) is 2.34. The van der Waals surface area contributed by atoms with Gasteiger partial charge in [0.25, 0.3) is 0 Å². The molecule has 0 unspecified atom stereocenters. The van der Waals surface area contributed by atoms with E-state index in [1.807, 2.05) is 13.8 Å². The third-order valence-corrected chi connectivity index (χ3v) is 1.83. The summed E-state index contributed by atoms with van der Waals surface area (Å²) in [6, 6.07) is -0.593. The molecule has 1 rings (SSSR count). The van der Waals surface area contributed by atoms with Gasteiger partial charge in [0, 0.05) is 6.20 Å². The van der Waals surface area contributed by atoms with Crippen LogP contribution in [-0.4, -0.2) is 20.6 Å². The van der Waals surface area contributed by atoms with E-state index in [0.717, 1.165) is 0 Å². The van der Waals surface area contributed by atoms with Gasteiger partial charge in [0.2, 0.25) is 0 Å². The van der Waals surface area contributed by atoms with E-state index >= 15 is 0 Å². The number of nitrogens with two attached hydrogens (primary N) is 1. The van der Waals surface area contributed by atoms with Gasteiger partial charge in [-0.05, 0) is 5.92 Å². The Labute approximate surface area is 76.2 Å². The molecule has 1 heterocycles. The van der Waals surface area contributed by atoms with Crippen molar-refractivity contribution >= 4 is 11.8 Å². The van der Waals surface area contributed by atoms with Gasteiger partial charge < -0.3 is 15.4 Å². The minimum absolute atomic E-state index is 0.00565. The van der Waals surface area contributed by atoms with Gasteiger partial charge in [-0.15, -0.1) is 0 Å². The van der Waals surface area contributed by atoms with Crippen molar-refractivity contribution in [2.75, 3.05) is 5.73 Å². The van der Waals surface area contributed by atoms with Gasteiger partial charge in [-0.25, -0.2) is 9.78 Å². The van der Waals surface area contributed by atoms with Gasteiger partial charge in [-0.2, -0.15) is 0 Å². The Kier molecular flexibility index (Phi) is 2.55. The highest BCUT2D eigenvalue weighted by Gasteiger charge is 2.22. The fourth-order valence-electron chi connectivity index (χ4n) is 1.26. The minimum atomic E-state index is -0.868. The molecule has 72 valence electrons. The van der Waals surface area contributed by atoms with Crippen LogP contribution in [0, 0.1) is 5.92 Å². The third-order valence-electron chi connectivity index (χ3n) is 1.83. The van der Waals surface area contributed by atoms with Gasteiger partial charge in [0.1, 0.15) is 11.9 Å². The van der Waals surface area contributed by atoms with E-state index in [2.05, 4.69) is 4.98 Å². The summed E-state index contributed by atoms with van der Waals surface area (Å²) in [6.07, 6.45) is 2.97. The van der Waals surface area contributed by atoms with Crippen molar-refractivity contribution in [2.24, 2.45) is 5.92 Å². The molecule has 1 aromatic rings. The molecule has 0 saturated heterocycles. The number of carboxylic acids is 1. The molecule has 0 saturated carbocycles. The predicted octanol–water partition coefficient (Wildman–Crippen LogP) is 0.747. The van der Waals surface area contributed by atoms with Crippen LogP contribution in [0.15, 0.2) is 12.5 Å². The minimum Gasteiger partial charge on any atom is -0.480 e. The summed E-state index contributed by atoms with van der Waals surface area (Å²) in [4.78, 5) is 14.6. The Bertz CT molecular complexity index is 306. The number of aliphatic carboxylic acids is 1. The summed E-state index contributed by atoms with van der Waals surface area (Å²) in [5.41, 5.74) is 5.39. The SMILES string of the molecule is CC(C)[C@@H](C(=O)O)n1cnc(N)c1. The number of aromatic nitrogens is 2. The van der Waals surface area contributed by atoms with E-state index in [0.29, 0.717) is 5.82 Å². The zero-order valence-corrected chi connectivity index (χ0v) is 7.64. The fraction of sp³-hybridized carbons (Fsp3) is 0.500. The molecule has 0 aliphatic heterocycles. The maximum Gasteiger partial charge on any atom is 0.326 e. The average molecular weight is 183 g/mol. The number of anilines is 1. The highest BCUT2D eigenvalue weighted by Crippen LogP contribution is 2.18. The van der Waals surface area contributed by atoms with Crippen molar-refractivity contribution in [1.29, 1.82) is 0 Å². The van der Waals surface area contributed by atoms with E-state index in [1.165, 1.54) is 17.1 Å². The Morgan fingerprint density at radius 3 is 2.62 bits per heavy atom. The molecule has 1 aromatic heterocycles. The first-order valence-corrected chi connectivity index (χ1v) is 4.04. The van der Waals surface area contributed by atoms with Crippen molar-refractivity contribution in [3.63, 3.8) is 0 Å². The fourth-order valence-corrected chi connectivity index (χ4v) is 1.26. The maximum atomic E-state index is 10.9. The van der Waals surface area contributed by atoms with Crippen molar-refractivity contribution in [1.82, 2.24) is 9.55 Å². The number of hydrogen-bond donors (Lipinski definition) is 2. The second-order valence-corrected chi connectivity index (χ2v) is 3.27. The van der Waals surface area contributed by atoms with Gasteiger partial charge >= 0.3 is 5.97 Å². The lowest BCUT2D eigenvalue weighted by molar-refractivity contribution is -0.142. The van der Waals surface area contributed by atoms with Crippen LogP contribution < -0.4 is 5.73 Å². The highest BCUT2D eigenvalue weighted by molar-refractivity contribution is 5.72. The van der Waals surface area contributed by atoms with Crippen LogP contribution in [0.3, 0.4) is 0 Å². The summed E-state index contributed by atoms with van der Waals surface area (Å²) >= 11 is 0. The monoisotopic (exact) mass is 183 g/mol. The zero-order valence-electron chi connectivity index (χ0n) is 7.64. The number of carbonyl (C=O) groups is 1. The van der Waals surface area contributed by atoms with E-state index in [4.69, 9.17) is 10.8 Å². The second kappa shape index (κ2) is 3.47. The lowest BCUT2D eigenvalue weighted by Gasteiger charge is -2.16. The number of carboxylic acid groups (broad SMARTS) is 1.